The van der Waals surface area contributed by atoms with Gasteiger partial charge in [0.15, 0.2) is 5.79 Å². The molecule has 11 nitrogen and oxygen atoms in total. The Morgan fingerprint density at radius 1 is 1.19 bits per heavy atom. The van der Waals surface area contributed by atoms with Gasteiger partial charge in [0, 0.05) is 19.4 Å². The fourth-order valence-electron chi connectivity index (χ4n) is 3.64. The molecule has 3 rings (SSSR count). The molecular weight excluding hydrogens is 502 g/mol. The average Bonchev–Trinajstić information content (AvgIpc) is 3.18. The second-order valence-electron chi connectivity index (χ2n) is 6.93. The number of piperidine rings is 1. The van der Waals surface area contributed by atoms with E-state index in [0.717, 1.165) is 4.31 Å². The maximum Gasteiger partial charge on any atom is 0.338 e. The number of ether oxygens (including phenoxy) is 5. The second-order valence-corrected chi connectivity index (χ2v) is 9.15. The molecule has 172 valence electrons. The number of esters is 2. The van der Waals surface area contributed by atoms with Crippen LogP contribution < -0.4 is 4.74 Å². The maximum absolute atomic E-state index is 12.1. The molecule has 0 aliphatic carbocycles. The highest BCUT2D eigenvalue weighted by Gasteiger charge is 2.47. The van der Waals surface area contributed by atoms with E-state index in [0.29, 0.717) is 17.7 Å². The number of carbonyl (C=O) groups is 2. The Labute approximate surface area is 187 Å². The first-order valence-corrected chi connectivity index (χ1v) is 11.4. The van der Waals surface area contributed by atoms with Crippen molar-refractivity contribution in [1.29, 1.82) is 0 Å². The number of methoxy groups -OCH3 is 2. The molecule has 0 radical (unpaired) electrons. The van der Waals surface area contributed by atoms with E-state index in [9.17, 15) is 22.6 Å². The molecule has 2 fully saturated rings. The normalized spacial score (nSPS) is 21.1. The monoisotopic (exact) mass is 523 g/mol. The molecule has 1 aromatic rings. The molecule has 0 amide bonds. The molecule has 0 bridgehead atoms. The number of benzene rings is 1. The van der Waals surface area contributed by atoms with Gasteiger partial charge in [0.2, 0.25) is 0 Å². The van der Waals surface area contributed by atoms with E-state index in [2.05, 4.69) is 20.7 Å². The summed E-state index contributed by atoms with van der Waals surface area (Å²) in [6, 6.07) is 1.84. The van der Waals surface area contributed by atoms with Crippen LogP contribution in [0.4, 0.5) is 0 Å². The minimum atomic E-state index is -4.49. The van der Waals surface area contributed by atoms with E-state index in [-0.39, 0.29) is 42.9 Å². The van der Waals surface area contributed by atoms with Crippen molar-refractivity contribution in [3.05, 3.63) is 27.7 Å². The van der Waals surface area contributed by atoms with Crippen molar-refractivity contribution in [3.63, 3.8) is 0 Å². The van der Waals surface area contributed by atoms with Gasteiger partial charge in [-0.1, -0.05) is 0 Å². The van der Waals surface area contributed by atoms with Crippen LogP contribution in [0.2, 0.25) is 0 Å². The van der Waals surface area contributed by atoms with Crippen molar-refractivity contribution < 1.29 is 46.2 Å². The summed E-state index contributed by atoms with van der Waals surface area (Å²) in [5.41, 5.74) is -0.112. The van der Waals surface area contributed by atoms with Gasteiger partial charge < -0.3 is 23.7 Å². The van der Waals surface area contributed by atoms with Crippen LogP contribution in [0, 0.1) is 0 Å². The molecule has 1 aromatic carbocycles. The Morgan fingerprint density at radius 2 is 1.77 bits per heavy atom. The number of rotatable bonds is 6. The van der Waals surface area contributed by atoms with E-state index < -0.39 is 34.1 Å². The molecule has 2 saturated heterocycles. The first-order chi connectivity index (χ1) is 14.6. The number of nitrogens with zero attached hydrogens (tertiary/aromatic N) is 1. The molecule has 13 heteroatoms. The van der Waals surface area contributed by atoms with Crippen molar-refractivity contribution in [2.24, 2.45) is 0 Å². The third-order valence-corrected chi connectivity index (χ3v) is 6.78. The van der Waals surface area contributed by atoms with Crippen LogP contribution in [0.25, 0.3) is 0 Å². The number of hydrogen-bond acceptors (Lipinski definition) is 9. The lowest BCUT2D eigenvalue weighted by molar-refractivity contribution is -0.191. The van der Waals surface area contributed by atoms with Crippen molar-refractivity contribution in [1.82, 2.24) is 4.31 Å². The summed E-state index contributed by atoms with van der Waals surface area (Å²) >= 11 is 3.27. The second kappa shape index (κ2) is 9.38. The Bertz CT molecular complexity index is 960. The molecule has 1 unspecified atom stereocenters. The minimum absolute atomic E-state index is 0.0112. The molecule has 2 heterocycles. The summed E-state index contributed by atoms with van der Waals surface area (Å²) < 4.78 is 61.0. The topological polar surface area (TPSA) is 138 Å². The van der Waals surface area contributed by atoms with Crippen LogP contribution in [0.5, 0.6) is 5.75 Å². The van der Waals surface area contributed by atoms with Gasteiger partial charge in [0.25, 0.3) is 0 Å². The van der Waals surface area contributed by atoms with Crippen LogP contribution in [0.3, 0.4) is 0 Å². The molecule has 31 heavy (non-hydrogen) atoms. The fraction of sp³-hybridized carbons (Fsp3) is 0.556. The molecule has 2 aliphatic heterocycles. The molecular formula is C18H22BrNO10S. The average molecular weight is 524 g/mol. The van der Waals surface area contributed by atoms with Gasteiger partial charge in [0.05, 0.1) is 49.1 Å². The number of halogens is 1. The zero-order chi connectivity index (χ0) is 22.8. The van der Waals surface area contributed by atoms with Crippen LogP contribution in [0.1, 0.15) is 33.6 Å². The Morgan fingerprint density at radius 3 is 2.32 bits per heavy atom. The lowest BCUT2D eigenvalue weighted by Gasteiger charge is -2.41. The van der Waals surface area contributed by atoms with Gasteiger partial charge in [0.1, 0.15) is 12.4 Å². The number of hydrogen-bond donors (Lipinski definition) is 1. The first-order valence-electron chi connectivity index (χ1n) is 9.25. The quantitative estimate of drug-likeness (QED) is 0.430. The summed E-state index contributed by atoms with van der Waals surface area (Å²) in [5.74, 6) is -2.29. The minimum Gasteiger partial charge on any atom is -0.491 e. The van der Waals surface area contributed by atoms with Gasteiger partial charge in [-0.05, 0) is 28.1 Å². The van der Waals surface area contributed by atoms with Gasteiger partial charge >= 0.3 is 22.2 Å². The molecule has 0 saturated carbocycles. The highest BCUT2D eigenvalue weighted by Crippen LogP contribution is 2.36. The summed E-state index contributed by atoms with van der Waals surface area (Å²) in [7, 11) is -2.14. The van der Waals surface area contributed by atoms with E-state index in [4.69, 9.17) is 18.9 Å². The lowest BCUT2D eigenvalue weighted by atomic mass is 9.98. The predicted octanol–water partition coefficient (Wildman–Crippen LogP) is 1.41. The Kier molecular flexibility index (Phi) is 7.23. The SMILES string of the molecule is COC(=O)c1cc(Br)c(OCC2CC3(CCN2S(=O)(=O)O)OCCO3)cc1C(=O)OC. The molecule has 0 aromatic heterocycles. The molecule has 1 atom stereocenters. The first kappa shape index (κ1) is 23.9. The Hall–Kier alpha value is -1.77. The predicted molar refractivity (Wildman–Crippen MR) is 108 cm³/mol. The summed E-state index contributed by atoms with van der Waals surface area (Å²) in [6.45, 7) is 0.596. The largest absolute Gasteiger partial charge is 0.491 e. The van der Waals surface area contributed by atoms with E-state index in [1.165, 1.54) is 26.4 Å². The maximum atomic E-state index is 12.1. The molecule has 2 aliphatic rings. The third-order valence-electron chi connectivity index (χ3n) is 5.09. The van der Waals surface area contributed by atoms with E-state index in [1.54, 1.807) is 0 Å². The molecule has 1 N–H and O–H groups in total. The summed E-state index contributed by atoms with van der Waals surface area (Å²) in [5, 5.41) is 0. The zero-order valence-electron chi connectivity index (χ0n) is 16.8. The van der Waals surface area contributed by atoms with Crippen LogP contribution >= 0.6 is 15.9 Å². The van der Waals surface area contributed by atoms with Crippen molar-refractivity contribution >= 4 is 38.2 Å². The molecule has 1 spiro atoms. The van der Waals surface area contributed by atoms with Gasteiger partial charge in [-0.3, -0.25) is 4.55 Å². The smallest absolute Gasteiger partial charge is 0.338 e. The van der Waals surface area contributed by atoms with Crippen LogP contribution in [0.15, 0.2) is 16.6 Å². The van der Waals surface area contributed by atoms with Gasteiger partial charge in [-0.2, -0.15) is 12.7 Å². The van der Waals surface area contributed by atoms with E-state index >= 15 is 0 Å². The van der Waals surface area contributed by atoms with Gasteiger partial charge in [-0.15, -0.1) is 0 Å². The van der Waals surface area contributed by atoms with Crippen molar-refractivity contribution in [3.8, 4) is 5.75 Å². The summed E-state index contributed by atoms with van der Waals surface area (Å²) in [6.07, 6.45) is 0.418. The number of carbonyl (C=O) groups excluding carboxylic acids is 2. The third kappa shape index (κ3) is 5.18. The van der Waals surface area contributed by atoms with Crippen molar-refractivity contribution in [2.75, 3.05) is 40.6 Å². The van der Waals surface area contributed by atoms with Crippen LogP contribution in [-0.2, 0) is 29.3 Å². The van der Waals surface area contributed by atoms with Crippen molar-refractivity contribution in [2.45, 2.75) is 24.7 Å². The highest BCUT2D eigenvalue weighted by molar-refractivity contribution is 9.10. The Balaban J connectivity index is 1.86. The standard InChI is InChI=1S/C18H22BrNO10S/c1-26-16(21)12-7-14(19)15(8-13(12)17(22)27-2)28-10-11-9-18(29-5-6-30-18)3-4-20(11)31(23,24)25/h7-8,11H,3-6,9-10H2,1-2H3,(H,23,24,25). The van der Waals surface area contributed by atoms with E-state index in [1.807, 2.05) is 0 Å². The lowest BCUT2D eigenvalue weighted by Crippen LogP contribution is -2.55. The summed E-state index contributed by atoms with van der Waals surface area (Å²) in [4.78, 5) is 24.1. The van der Waals surface area contributed by atoms with Crippen LogP contribution in [-0.4, -0.2) is 81.6 Å². The fourth-order valence-corrected chi connectivity index (χ4v) is 4.93. The van der Waals surface area contributed by atoms with Gasteiger partial charge in [-0.25, -0.2) is 9.59 Å². The zero-order valence-corrected chi connectivity index (χ0v) is 19.2. The highest BCUT2D eigenvalue weighted by atomic mass is 79.9.